The van der Waals surface area contributed by atoms with E-state index in [1.165, 1.54) is 0 Å². The number of nitrogens with two attached hydrogens (primary N) is 1. The Morgan fingerprint density at radius 2 is 2.18 bits per heavy atom. The minimum atomic E-state index is -0.436. The standard InChI is InChI=1S/C13H19ClN2O/c1-9(2)12(15)13(17)16-7-6-10-4-3-5-11(14)8-10/h3-5,8-9,12H,6-7,15H2,1-2H3,(H,16,17). The third-order valence-corrected chi connectivity index (χ3v) is 2.86. The van der Waals surface area contributed by atoms with Crippen LogP contribution in [0.1, 0.15) is 19.4 Å². The van der Waals surface area contributed by atoms with Gasteiger partial charge in [0.25, 0.3) is 0 Å². The van der Waals surface area contributed by atoms with Crippen LogP contribution in [0.15, 0.2) is 24.3 Å². The topological polar surface area (TPSA) is 55.1 Å². The van der Waals surface area contributed by atoms with Crippen molar-refractivity contribution in [3.8, 4) is 0 Å². The van der Waals surface area contributed by atoms with E-state index < -0.39 is 6.04 Å². The normalized spacial score (nSPS) is 12.5. The van der Waals surface area contributed by atoms with E-state index in [2.05, 4.69) is 5.32 Å². The van der Waals surface area contributed by atoms with Gasteiger partial charge in [-0.05, 0) is 30.0 Å². The van der Waals surface area contributed by atoms with Crippen LogP contribution in [0.25, 0.3) is 0 Å². The van der Waals surface area contributed by atoms with Gasteiger partial charge in [0.2, 0.25) is 5.91 Å². The van der Waals surface area contributed by atoms with Crippen molar-refractivity contribution >= 4 is 17.5 Å². The predicted octanol–water partition coefficient (Wildman–Crippen LogP) is 1.98. The molecule has 0 aliphatic heterocycles. The molecule has 1 atom stereocenters. The quantitative estimate of drug-likeness (QED) is 0.844. The second-order valence-corrected chi connectivity index (χ2v) is 4.88. The van der Waals surface area contributed by atoms with Crippen LogP contribution in [0.3, 0.4) is 0 Å². The molecule has 0 fully saturated rings. The molecule has 0 saturated heterocycles. The number of carbonyl (C=O) groups excluding carboxylic acids is 1. The fourth-order valence-electron chi connectivity index (χ4n) is 1.44. The molecule has 0 saturated carbocycles. The summed E-state index contributed by atoms with van der Waals surface area (Å²) in [5, 5.41) is 3.54. The van der Waals surface area contributed by atoms with E-state index in [0.717, 1.165) is 12.0 Å². The monoisotopic (exact) mass is 254 g/mol. The molecule has 3 N–H and O–H groups in total. The number of rotatable bonds is 5. The lowest BCUT2D eigenvalue weighted by Gasteiger charge is -2.15. The second-order valence-electron chi connectivity index (χ2n) is 4.44. The van der Waals surface area contributed by atoms with Gasteiger partial charge in [0, 0.05) is 11.6 Å². The van der Waals surface area contributed by atoms with Crippen molar-refractivity contribution < 1.29 is 4.79 Å². The summed E-state index contributed by atoms with van der Waals surface area (Å²) in [7, 11) is 0. The smallest absolute Gasteiger partial charge is 0.237 e. The van der Waals surface area contributed by atoms with Crippen LogP contribution in [0.4, 0.5) is 0 Å². The summed E-state index contributed by atoms with van der Waals surface area (Å²) >= 11 is 5.87. The van der Waals surface area contributed by atoms with Crippen molar-refractivity contribution in [2.24, 2.45) is 11.7 Å². The average molecular weight is 255 g/mol. The van der Waals surface area contributed by atoms with Gasteiger partial charge < -0.3 is 11.1 Å². The summed E-state index contributed by atoms with van der Waals surface area (Å²) in [5.74, 6) is 0.0585. The molecule has 1 aromatic rings. The number of carbonyl (C=O) groups is 1. The summed E-state index contributed by atoms with van der Waals surface area (Å²) in [6.07, 6.45) is 0.761. The maximum absolute atomic E-state index is 11.6. The molecule has 17 heavy (non-hydrogen) atoms. The largest absolute Gasteiger partial charge is 0.354 e. The molecule has 0 aromatic heterocycles. The first-order valence-corrected chi connectivity index (χ1v) is 6.16. The molecule has 0 radical (unpaired) electrons. The molecular formula is C13H19ClN2O. The van der Waals surface area contributed by atoms with Crippen LogP contribution >= 0.6 is 11.6 Å². The van der Waals surface area contributed by atoms with Crippen molar-refractivity contribution in [3.63, 3.8) is 0 Å². The van der Waals surface area contributed by atoms with Gasteiger partial charge in [-0.25, -0.2) is 0 Å². The van der Waals surface area contributed by atoms with Gasteiger partial charge in [0.1, 0.15) is 0 Å². The van der Waals surface area contributed by atoms with Crippen molar-refractivity contribution in [3.05, 3.63) is 34.9 Å². The Balaban J connectivity index is 2.35. The maximum Gasteiger partial charge on any atom is 0.237 e. The third-order valence-electron chi connectivity index (χ3n) is 2.62. The van der Waals surface area contributed by atoms with E-state index in [9.17, 15) is 4.79 Å². The van der Waals surface area contributed by atoms with Crippen molar-refractivity contribution in [1.29, 1.82) is 0 Å². The summed E-state index contributed by atoms with van der Waals surface area (Å²) in [4.78, 5) is 11.6. The Kier molecular flexibility index (Phi) is 5.45. The van der Waals surface area contributed by atoms with E-state index in [1.807, 2.05) is 38.1 Å². The molecule has 1 aromatic carbocycles. The highest BCUT2D eigenvalue weighted by molar-refractivity contribution is 6.30. The number of halogens is 1. The molecule has 0 aliphatic carbocycles. The highest BCUT2D eigenvalue weighted by Gasteiger charge is 2.16. The lowest BCUT2D eigenvalue weighted by molar-refractivity contribution is -0.123. The van der Waals surface area contributed by atoms with Gasteiger partial charge in [-0.1, -0.05) is 37.6 Å². The highest BCUT2D eigenvalue weighted by atomic mass is 35.5. The van der Waals surface area contributed by atoms with E-state index in [4.69, 9.17) is 17.3 Å². The molecule has 1 amide bonds. The molecule has 3 nitrogen and oxygen atoms in total. The minimum Gasteiger partial charge on any atom is -0.354 e. The number of benzene rings is 1. The Bertz CT molecular complexity index is 379. The van der Waals surface area contributed by atoms with Crippen molar-refractivity contribution in [2.45, 2.75) is 26.3 Å². The molecule has 0 spiro atoms. The molecule has 1 rings (SSSR count). The first-order chi connectivity index (χ1) is 8.00. The lowest BCUT2D eigenvalue weighted by atomic mass is 10.0. The molecule has 4 heteroatoms. The summed E-state index contributed by atoms with van der Waals surface area (Å²) in [5.41, 5.74) is 6.84. The van der Waals surface area contributed by atoms with Crippen molar-refractivity contribution in [1.82, 2.24) is 5.32 Å². The van der Waals surface area contributed by atoms with Crippen LogP contribution in [-0.2, 0) is 11.2 Å². The van der Waals surface area contributed by atoms with Crippen LogP contribution in [0.2, 0.25) is 5.02 Å². The van der Waals surface area contributed by atoms with E-state index >= 15 is 0 Å². The Morgan fingerprint density at radius 1 is 1.47 bits per heavy atom. The number of amides is 1. The number of hydrogen-bond donors (Lipinski definition) is 2. The molecule has 0 bridgehead atoms. The van der Waals surface area contributed by atoms with E-state index in [-0.39, 0.29) is 11.8 Å². The van der Waals surface area contributed by atoms with Crippen molar-refractivity contribution in [2.75, 3.05) is 6.54 Å². The third kappa shape index (κ3) is 4.75. The maximum atomic E-state index is 11.6. The first kappa shape index (κ1) is 14.0. The zero-order chi connectivity index (χ0) is 12.8. The SMILES string of the molecule is CC(C)C(N)C(=O)NCCc1cccc(Cl)c1. The molecular weight excluding hydrogens is 236 g/mol. The summed E-state index contributed by atoms with van der Waals surface area (Å²) in [6.45, 7) is 4.45. The zero-order valence-electron chi connectivity index (χ0n) is 10.2. The van der Waals surface area contributed by atoms with Gasteiger partial charge in [-0.2, -0.15) is 0 Å². The number of hydrogen-bond acceptors (Lipinski definition) is 2. The second kappa shape index (κ2) is 6.62. The highest BCUT2D eigenvalue weighted by Crippen LogP contribution is 2.10. The molecule has 0 heterocycles. The molecule has 94 valence electrons. The summed E-state index contributed by atoms with van der Waals surface area (Å²) in [6, 6.07) is 7.18. The minimum absolute atomic E-state index is 0.0953. The van der Waals surface area contributed by atoms with Gasteiger partial charge in [0.15, 0.2) is 0 Å². The first-order valence-electron chi connectivity index (χ1n) is 5.78. The van der Waals surface area contributed by atoms with Gasteiger partial charge in [-0.15, -0.1) is 0 Å². The number of nitrogens with one attached hydrogen (secondary N) is 1. The average Bonchev–Trinajstić information content (AvgIpc) is 2.27. The fraction of sp³-hybridized carbons (Fsp3) is 0.462. The fourth-order valence-corrected chi connectivity index (χ4v) is 1.66. The van der Waals surface area contributed by atoms with Gasteiger partial charge in [-0.3, -0.25) is 4.79 Å². The van der Waals surface area contributed by atoms with Crippen LogP contribution < -0.4 is 11.1 Å². The van der Waals surface area contributed by atoms with Crippen LogP contribution in [0, 0.1) is 5.92 Å². The molecule has 1 unspecified atom stereocenters. The lowest BCUT2D eigenvalue weighted by Crippen LogP contribution is -2.44. The summed E-state index contributed by atoms with van der Waals surface area (Å²) < 4.78 is 0. The van der Waals surface area contributed by atoms with Crippen LogP contribution in [-0.4, -0.2) is 18.5 Å². The van der Waals surface area contributed by atoms with Gasteiger partial charge in [0.05, 0.1) is 6.04 Å². The van der Waals surface area contributed by atoms with E-state index in [1.54, 1.807) is 0 Å². The predicted molar refractivity (Wildman–Crippen MR) is 71.0 cm³/mol. The zero-order valence-corrected chi connectivity index (χ0v) is 11.0. The Hall–Kier alpha value is -1.06. The molecule has 0 aliphatic rings. The van der Waals surface area contributed by atoms with Gasteiger partial charge >= 0.3 is 0 Å². The Labute approximate surface area is 107 Å². The van der Waals surface area contributed by atoms with E-state index in [0.29, 0.717) is 11.6 Å². The Morgan fingerprint density at radius 3 is 2.76 bits per heavy atom. The van der Waals surface area contributed by atoms with Crippen LogP contribution in [0.5, 0.6) is 0 Å².